The number of amides is 2. The number of likely N-dealkylation sites (tertiary alicyclic amines) is 2. The van der Waals surface area contributed by atoms with Crippen LogP contribution in [0, 0.1) is 11.8 Å². The van der Waals surface area contributed by atoms with Crippen molar-refractivity contribution in [3.8, 4) is 5.75 Å². The maximum atomic E-state index is 13.4. The summed E-state index contributed by atoms with van der Waals surface area (Å²) in [6.07, 6.45) is 7.70. The highest BCUT2D eigenvalue weighted by molar-refractivity contribution is 5.84. The van der Waals surface area contributed by atoms with Crippen molar-refractivity contribution in [2.45, 2.75) is 50.9 Å². The lowest BCUT2D eigenvalue weighted by atomic mass is 9.87. The third kappa shape index (κ3) is 3.89. The zero-order valence-electron chi connectivity index (χ0n) is 16.9. The smallest absolute Gasteiger partial charge is 0.228 e. The van der Waals surface area contributed by atoms with Gasteiger partial charge in [-0.3, -0.25) is 9.59 Å². The van der Waals surface area contributed by atoms with Crippen LogP contribution in [0.2, 0.25) is 0 Å². The number of rotatable bonds is 4. The van der Waals surface area contributed by atoms with E-state index in [9.17, 15) is 9.59 Å². The number of nitrogens with zero attached hydrogens (tertiary/aromatic N) is 2. The van der Waals surface area contributed by atoms with Gasteiger partial charge in [0.2, 0.25) is 11.8 Å². The molecule has 0 aromatic heterocycles. The van der Waals surface area contributed by atoms with Crippen molar-refractivity contribution in [3.63, 3.8) is 0 Å². The Labute approximate surface area is 168 Å². The first kappa shape index (κ1) is 19.3. The minimum atomic E-state index is -0.143. The molecule has 1 saturated carbocycles. The van der Waals surface area contributed by atoms with Crippen LogP contribution in [0.1, 0.15) is 56.4 Å². The summed E-state index contributed by atoms with van der Waals surface area (Å²) in [6.45, 7) is 2.92. The molecule has 1 aromatic carbocycles. The fourth-order valence-corrected chi connectivity index (χ4v) is 5.22. The van der Waals surface area contributed by atoms with Crippen molar-refractivity contribution < 1.29 is 14.3 Å². The Balaban J connectivity index is 1.57. The summed E-state index contributed by atoms with van der Waals surface area (Å²) >= 11 is 0. The summed E-state index contributed by atoms with van der Waals surface area (Å²) in [5, 5.41) is 0. The number of benzene rings is 1. The van der Waals surface area contributed by atoms with Crippen LogP contribution in [0.15, 0.2) is 24.3 Å². The number of hydrogen-bond donors (Lipinski definition) is 0. The maximum Gasteiger partial charge on any atom is 0.228 e. The van der Waals surface area contributed by atoms with Crippen molar-refractivity contribution in [1.82, 2.24) is 9.80 Å². The number of piperidine rings is 1. The minimum absolute atomic E-state index is 0.0508. The molecule has 1 aromatic rings. The van der Waals surface area contributed by atoms with Gasteiger partial charge >= 0.3 is 0 Å². The van der Waals surface area contributed by atoms with Crippen molar-refractivity contribution in [2.24, 2.45) is 11.8 Å². The van der Waals surface area contributed by atoms with E-state index in [0.29, 0.717) is 13.1 Å². The zero-order valence-corrected chi connectivity index (χ0v) is 16.9. The Morgan fingerprint density at radius 1 is 0.929 bits per heavy atom. The van der Waals surface area contributed by atoms with Gasteiger partial charge in [0.25, 0.3) is 0 Å². The van der Waals surface area contributed by atoms with Crippen LogP contribution in [0.4, 0.5) is 0 Å². The van der Waals surface area contributed by atoms with E-state index in [0.717, 1.165) is 62.9 Å². The molecule has 2 saturated heterocycles. The Morgan fingerprint density at radius 2 is 1.68 bits per heavy atom. The number of methoxy groups -OCH3 is 1. The molecule has 3 aliphatic rings. The molecule has 0 spiro atoms. The second-order valence-corrected chi connectivity index (χ2v) is 8.60. The standard InChI is InChI=1S/C23H32N2O3/c1-28-19-11-7-10-18(14-19)20-15-25(22(26)17-8-3-4-9-17)16-21(20)23(27)24-12-5-2-6-13-24/h7,10-11,14,17,20-21H,2-6,8-9,12-13,15-16H2,1H3. The highest BCUT2D eigenvalue weighted by Gasteiger charge is 2.43. The van der Waals surface area contributed by atoms with Crippen molar-refractivity contribution in [2.75, 3.05) is 33.3 Å². The van der Waals surface area contributed by atoms with E-state index in [1.54, 1.807) is 7.11 Å². The molecule has 2 atom stereocenters. The molecule has 3 fully saturated rings. The van der Waals surface area contributed by atoms with Gasteiger partial charge in [0.05, 0.1) is 13.0 Å². The highest BCUT2D eigenvalue weighted by atomic mass is 16.5. The van der Waals surface area contributed by atoms with Gasteiger partial charge in [-0.05, 0) is 49.8 Å². The zero-order chi connectivity index (χ0) is 19.5. The first-order valence-corrected chi connectivity index (χ1v) is 10.9. The van der Waals surface area contributed by atoms with Crippen LogP contribution in [0.3, 0.4) is 0 Å². The first-order valence-electron chi connectivity index (χ1n) is 10.9. The molecular weight excluding hydrogens is 352 g/mol. The quantitative estimate of drug-likeness (QED) is 0.799. The molecule has 4 rings (SSSR count). The number of ether oxygens (including phenoxy) is 1. The van der Waals surface area contributed by atoms with Gasteiger partial charge < -0.3 is 14.5 Å². The Bertz CT molecular complexity index is 708. The summed E-state index contributed by atoms with van der Waals surface area (Å²) in [4.78, 5) is 30.5. The first-order chi connectivity index (χ1) is 13.7. The SMILES string of the molecule is COc1cccc(C2CN(C(=O)C3CCCC3)CC2C(=O)N2CCCCC2)c1. The Hall–Kier alpha value is -2.04. The van der Waals surface area contributed by atoms with E-state index in [2.05, 4.69) is 6.07 Å². The molecule has 5 heteroatoms. The third-order valence-corrected chi connectivity index (χ3v) is 6.84. The molecular formula is C23H32N2O3. The van der Waals surface area contributed by atoms with Gasteiger partial charge in [-0.15, -0.1) is 0 Å². The minimum Gasteiger partial charge on any atom is -0.497 e. The average molecular weight is 385 g/mol. The van der Waals surface area contributed by atoms with E-state index < -0.39 is 0 Å². The second-order valence-electron chi connectivity index (χ2n) is 8.60. The fourth-order valence-electron chi connectivity index (χ4n) is 5.22. The van der Waals surface area contributed by atoms with E-state index >= 15 is 0 Å². The molecule has 2 heterocycles. The van der Waals surface area contributed by atoms with Crippen LogP contribution in [0.25, 0.3) is 0 Å². The molecule has 2 unspecified atom stereocenters. The topological polar surface area (TPSA) is 49.9 Å². The molecule has 2 amide bonds. The molecule has 2 aliphatic heterocycles. The highest BCUT2D eigenvalue weighted by Crippen LogP contribution is 2.38. The van der Waals surface area contributed by atoms with E-state index in [4.69, 9.17) is 4.74 Å². The summed E-state index contributed by atoms with van der Waals surface area (Å²) in [5.74, 6) is 1.37. The van der Waals surface area contributed by atoms with Crippen molar-refractivity contribution in [3.05, 3.63) is 29.8 Å². The lowest BCUT2D eigenvalue weighted by Crippen LogP contribution is -2.42. The molecule has 152 valence electrons. The Kier molecular flexibility index (Phi) is 5.88. The van der Waals surface area contributed by atoms with Crippen LogP contribution in [0.5, 0.6) is 5.75 Å². The third-order valence-electron chi connectivity index (χ3n) is 6.84. The molecule has 0 radical (unpaired) electrons. The van der Waals surface area contributed by atoms with Crippen LogP contribution < -0.4 is 4.74 Å². The van der Waals surface area contributed by atoms with Gasteiger partial charge in [0.1, 0.15) is 5.75 Å². The predicted molar refractivity (Wildman–Crippen MR) is 108 cm³/mol. The van der Waals surface area contributed by atoms with Gasteiger partial charge in [-0.2, -0.15) is 0 Å². The normalized spacial score (nSPS) is 25.9. The molecule has 28 heavy (non-hydrogen) atoms. The van der Waals surface area contributed by atoms with E-state index in [1.165, 1.54) is 6.42 Å². The largest absolute Gasteiger partial charge is 0.497 e. The number of carbonyl (C=O) groups excluding carboxylic acids is 2. The number of carbonyl (C=O) groups is 2. The van der Waals surface area contributed by atoms with Crippen LogP contribution in [-0.2, 0) is 9.59 Å². The van der Waals surface area contributed by atoms with E-state index in [1.807, 2.05) is 28.0 Å². The molecule has 0 bridgehead atoms. The lowest BCUT2D eigenvalue weighted by Gasteiger charge is -2.31. The summed E-state index contributed by atoms with van der Waals surface area (Å²) in [6, 6.07) is 8.03. The molecule has 0 N–H and O–H groups in total. The number of hydrogen-bond acceptors (Lipinski definition) is 3. The summed E-state index contributed by atoms with van der Waals surface area (Å²) in [5.41, 5.74) is 1.11. The maximum absolute atomic E-state index is 13.4. The van der Waals surface area contributed by atoms with E-state index in [-0.39, 0.29) is 29.6 Å². The fraction of sp³-hybridized carbons (Fsp3) is 0.652. The van der Waals surface area contributed by atoms with Gasteiger partial charge in [-0.1, -0.05) is 25.0 Å². The van der Waals surface area contributed by atoms with Crippen LogP contribution in [-0.4, -0.2) is 54.9 Å². The summed E-state index contributed by atoms with van der Waals surface area (Å²) < 4.78 is 5.41. The average Bonchev–Trinajstić information content (AvgIpc) is 3.44. The molecule has 5 nitrogen and oxygen atoms in total. The van der Waals surface area contributed by atoms with Gasteiger partial charge in [-0.25, -0.2) is 0 Å². The molecule has 1 aliphatic carbocycles. The van der Waals surface area contributed by atoms with Crippen molar-refractivity contribution >= 4 is 11.8 Å². The van der Waals surface area contributed by atoms with Crippen LogP contribution >= 0.6 is 0 Å². The predicted octanol–water partition coefficient (Wildman–Crippen LogP) is 3.44. The van der Waals surface area contributed by atoms with Crippen molar-refractivity contribution in [1.29, 1.82) is 0 Å². The van der Waals surface area contributed by atoms with Gasteiger partial charge in [0, 0.05) is 38.0 Å². The second kappa shape index (κ2) is 8.54. The summed E-state index contributed by atoms with van der Waals surface area (Å²) in [7, 11) is 1.67. The lowest BCUT2D eigenvalue weighted by molar-refractivity contribution is -0.137. The monoisotopic (exact) mass is 384 g/mol. The van der Waals surface area contributed by atoms with Gasteiger partial charge in [0.15, 0.2) is 0 Å². The Morgan fingerprint density at radius 3 is 2.39 bits per heavy atom.